The van der Waals surface area contributed by atoms with Crippen molar-refractivity contribution in [1.82, 2.24) is 0 Å². The van der Waals surface area contributed by atoms with Crippen molar-refractivity contribution in [3.63, 3.8) is 0 Å². The van der Waals surface area contributed by atoms with Crippen LogP contribution in [-0.4, -0.2) is 0 Å². The number of nitrogens with two attached hydrogens (primary N) is 1. The first kappa shape index (κ1) is 13.0. The summed E-state index contributed by atoms with van der Waals surface area (Å²) in [4.78, 5) is 0. The van der Waals surface area contributed by atoms with Gasteiger partial charge in [-0.15, -0.1) is 0 Å². The molecule has 0 radical (unpaired) electrons. The molecule has 2 saturated carbocycles. The van der Waals surface area contributed by atoms with Gasteiger partial charge in [-0.25, -0.2) is 0 Å². The van der Waals surface area contributed by atoms with Gasteiger partial charge in [0.1, 0.15) is 0 Å². The van der Waals surface area contributed by atoms with Gasteiger partial charge < -0.3 is 5.73 Å². The summed E-state index contributed by atoms with van der Waals surface area (Å²) in [5.74, 6) is 2.78. The molecule has 3 heteroatoms. The second-order valence-corrected chi connectivity index (χ2v) is 7.23. The minimum Gasteiger partial charge on any atom is -0.324 e. The van der Waals surface area contributed by atoms with E-state index in [2.05, 4.69) is 15.9 Å². The maximum Gasteiger partial charge on any atom is 0.0410 e. The van der Waals surface area contributed by atoms with Crippen molar-refractivity contribution in [3.8, 4) is 0 Å². The zero-order valence-electron chi connectivity index (χ0n) is 10.4. The molecule has 0 saturated heterocycles. The predicted octanol–water partition coefficient (Wildman–Crippen LogP) is 4.93. The second-order valence-electron chi connectivity index (χ2n) is 5.94. The first-order chi connectivity index (χ1) is 8.63. The molecule has 98 valence electrons. The molecule has 2 aliphatic carbocycles. The summed E-state index contributed by atoms with van der Waals surface area (Å²) in [5, 5.41) is 0.775. The Morgan fingerprint density at radius 1 is 1.33 bits per heavy atom. The average Bonchev–Trinajstić information content (AvgIpc) is 2.94. The molecular weight excluding hydrogens is 310 g/mol. The maximum atomic E-state index is 6.39. The first-order valence-corrected chi connectivity index (χ1v) is 8.01. The van der Waals surface area contributed by atoms with Gasteiger partial charge in [-0.2, -0.15) is 0 Å². The molecule has 1 aromatic rings. The Morgan fingerprint density at radius 2 is 2.17 bits per heavy atom. The van der Waals surface area contributed by atoms with E-state index in [1.54, 1.807) is 0 Å². The Hall–Kier alpha value is -0.0500. The minimum atomic E-state index is 0.113. The summed E-state index contributed by atoms with van der Waals surface area (Å²) < 4.78 is 1.09. The van der Waals surface area contributed by atoms with Gasteiger partial charge in [0.25, 0.3) is 0 Å². The molecule has 18 heavy (non-hydrogen) atoms. The van der Waals surface area contributed by atoms with Crippen LogP contribution in [0.4, 0.5) is 0 Å². The summed E-state index contributed by atoms with van der Waals surface area (Å²) in [7, 11) is 0. The van der Waals surface area contributed by atoms with E-state index in [0.717, 1.165) is 39.2 Å². The van der Waals surface area contributed by atoms with Crippen LogP contribution in [0.5, 0.6) is 0 Å². The van der Waals surface area contributed by atoms with Gasteiger partial charge in [-0.1, -0.05) is 34.0 Å². The third-order valence-corrected chi connectivity index (χ3v) is 5.76. The summed E-state index contributed by atoms with van der Waals surface area (Å²) >= 11 is 9.65. The normalized spacial score (nSPS) is 31.8. The zero-order chi connectivity index (χ0) is 12.7. The van der Waals surface area contributed by atoms with E-state index < -0.39 is 0 Å². The highest BCUT2D eigenvalue weighted by atomic mass is 79.9. The minimum absolute atomic E-state index is 0.113. The molecule has 2 aliphatic rings. The van der Waals surface area contributed by atoms with Crippen LogP contribution in [-0.2, 0) is 0 Å². The van der Waals surface area contributed by atoms with Gasteiger partial charge in [0.2, 0.25) is 0 Å². The van der Waals surface area contributed by atoms with Gasteiger partial charge in [-0.05, 0) is 67.2 Å². The quantitative estimate of drug-likeness (QED) is 0.836. The van der Waals surface area contributed by atoms with Gasteiger partial charge >= 0.3 is 0 Å². The van der Waals surface area contributed by atoms with E-state index in [1.165, 1.54) is 25.7 Å². The Bertz CT molecular complexity index is 448. The first-order valence-electron chi connectivity index (χ1n) is 6.84. The number of hydrogen-bond acceptors (Lipinski definition) is 1. The molecule has 0 spiro atoms. The molecule has 0 heterocycles. The molecule has 0 aliphatic heterocycles. The molecule has 4 unspecified atom stereocenters. The van der Waals surface area contributed by atoms with Crippen LogP contribution < -0.4 is 5.73 Å². The van der Waals surface area contributed by atoms with E-state index in [1.807, 2.05) is 18.2 Å². The Kier molecular flexibility index (Phi) is 3.70. The van der Waals surface area contributed by atoms with Crippen molar-refractivity contribution in [2.24, 2.45) is 23.5 Å². The molecule has 3 rings (SSSR count). The lowest BCUT2D eigenvalue weighted by Crippen LogP contribution is -2.19. The lowest BCUT2D eigenvalue weighted by Gasteiger charge is -2.25. The van der Waals surface area contributed by atoms with Crippen molar-refractivity contribution < 1.29 is 0 Å². The zero-order valence-corrected chi connectivity index (χ0v) is 12.8. The second kappa shape index (κ2) is 5.15. The number of rotatable bonds is 3. The summed E-state index contributed by atoms with van der Waals surface area (Å²) in [6.07, 6.45) is 6.85. The van der Waals surface area contributed by atoms with Crippen molar-refractivity contribution in [2.45, 2.75) is 38.1 Å². The van der Waals surface area contributed by atoms with Crippen LogP contribution in [0.1, 0.15) is 43.7 Å². The highest BCUT2D eigenvalue weighted by molar-refractivity contribution is 9.10. The number of benzene rings is 1. The number of hydrogen-bond donors (Lipinski definition) is 1. The predicted molar refractivity (Wildman–Crippen MR) is 79.6 cm³/mol. The Morgan fingerprint density at radius 3 is 2.83 bits per heavy atom. The van der Waals surface area contributed by atoms with Gasteiger partial charge in [0.05, 0.1) is 0 Å². The monoisotopic (exact) mass is 327 g/mol. The molecule has 2 bridgehead atoms. The molecule has 4 atom stereocenters. The topological polar surface area (TPSA) is 26.0 Å². The maximum absolute atomic E-state index is 6.39. The van der Waals surface area contributed by atoms with Gasteiger partial charge in [0.15, 0.2) is 0 Å². The van der Waals surface area contributed by atoms with Crippen molar-refractivity contribution in [2.75, 3.05) is 0 Å². The van der Waals surface area contributed by atoms with E-state index in [4.69, 9.17) is 17.3 Å². The lowest BCUT2D eigenvalue weighted by molar-refractivity contribution is 0.296. The smallest absolute Gasteiger partial charge is 0.0410 e. The Balaban J connectivity index is 1.71. The Labute approximate surface area is 122 Å². The summed E-state index contributed by atoms with van der Waals surface area (Å²) in [6, 6.07) is 6.02. The van der Waals surface area contributed by atoms with Crippen LogP contribution >= 0.6 is 27.5 Å². The molecular formula is C15H19BrClN. The molecule has 1 nitrogen and oxygen atoms in total. The van der Waals surface area contributed by atoms with E-state index in [9.17, 15) is 0 Å². The van der Waals surface area contributed by atoms with Crippen LogP contribution in [0.25, 0.3) is 0 Å². The number of halogens is 2. The van der Waals surface area contributed by atoms with E-state index >= 15 is 0 Å². The lowest BCUT2D eigenvalue weighted by atomic mass is 9.83. The summed E-state index contributed by atoms with van der Waals surface area (Å²) in [5.41, 5.74) is 7.55. The molecule has 2 N–H and O–H groups in total. The third kappa shape index (κ3) is 2.48. The molecule has 0 amide bonds. The van der Waals surface area contributed by atoms with Crippen molar-refractivity contribution >= 4 is 27.5 Å². The molecule has 2 fully saturated rings. The molecule has 0 aromatic heterocycles. The van der Waals surface area contributed by atoms with Crippen LogP contribution in [0.15, 0.2) is 22.7 Å². The largest absolute Gasteiger partial charge is 0.324 e. The fourth-order valence-corrected chi connectivity index (χ4v) is 4.64. The van der Waals surface area contributed by atoms with E-state index in [0.29, 0.717) is 0 Å². The van der Waals surface area contributed by atoms with E-state index in [-0.39, 0.29) is 6.04 Å². The fraction of sp³-hybridized carbons (Fsp3) is 0.600. The SMILES string of the molecule is NC(CC1CC2CCC1C2)c1cc(Cl)ccc1Br. The highest BCUT2D eigenvalue weighted by Crippen LogP contribution is 2.51. The standard InChI is InChI=1S/C15H19BrClN/c16-14-4-3-12(17)8-13(14)15(18)7-11-6-9-1-2-10(11)5-9/h3-4,8-11,15H,1-2,5-7,18H2. The summed E-state index contributed by atoms with van der Waals surface area (Å²) in [6.45, 7) is 0. The third-order valence-electron chi connectivity index (χ3n) is 4.80. The van der Waals surface area contributed by atoms with Crippen LogP contribution in [0.2, 0.25) is 5.02 Å². The van der Waals surface area contributed by atoms with Crippen molar-refractivity contribution in [1.29, 1.82) is 0 Å². The average molecular weight is 329 g/mol. The van der Waals surface area contributed by atoms with Gasteiger partial charge in [0, 0.05) is 15.5 Å². The molecule has 1 aromatic carbocycles. The highest BCUT2D eigenvalue weighted by Gasteiger charge is 2.39. The van der Waals surface area contributed by atoms with Crippen LogP contribution in [0.3, 0.4) is 0 Å². The fourth-order valence-electron chi connectivity index (χ4n) is 3.92. The van der Waals surface area contributed by atoms with Crippen LogP contribution in [0, 0.1) is 17.8 Å². The number of fused-ring (bicyclic) bond motifs is 2. The van der Waals surface area contributed by atoms with Gasteiger partial charge in [-0.3, -0.25) is 0 Å². The van der Waals surface area contributed by atoms with Crippen molar-refractivity contribution in [3.05, 3.63) is 33.3 Å².